The molecule has 0 saturated heterocycles. The van der Waals surface area contributed by atoms with E-state index in [0.717, 1.165) is 23.4 Å². The Morgan fingerprint density at radius 3 is 2.33 bits per heavy atom. The molecular weight excluding hydrogens is 349 g/mol. The highest BCUT2D eigenvalue weighted by Crippen LogP contribution is 2.30. The van der Waals surface area contributed by atoms with Gasteiger partial charge in [0, 0.05) is 7.05 Å². The van der Waals surface area contributed by atoms with Crippen LogP contribution in [0.25, 0.3) is 0 Å². The Balaban J connectivity index is 2.20. The van der Waals surface area contributed by atoms with E-state index in [2.05, 4.69) is 31.6 Å². The van der Waals surface area contributed by atoms with Crippen LogP contribution in [0.2, 0.25) is 0 Å². The molecule has 0 aliphatic rings. The third-order valence-corrected chi connectivity index (χ3v) is 3.79. The highest BCUT2D eigenvalue weighted by molar-refractivity contribution is 9.10. The molecule has 2 rings (SSSR count). The number of rotatable bonds is 4. The van der Waals surface area contributed by atoms with Crippen LogP contribution < -0.4 is 5.32 Å². The minimum Gasteiger partial charge on any atom is -0.311 e. The smallest absolute Gasteiger partial charge is 0.311 e. The van der Waals surface area contributed by atoms with Crippen LogP contribution in [-0.2, 0) is 19.6 Å². The van der Waals surface area contributed by atoms with Crippen molar-refractivity contribution in [3.05, 3.63) is 45.7 Å². The van der Waals surface area contributed by atoms with Gasteiger partial charge in [-0.3, -0.25) is 0 Å². The molecular formula is C13H14BrF3N4. The number of hydrogen-bond acceptors (Lipinski definition) is 3. The molecule has 1 atom stereocenters. The summed E-state index contributed by atoms with van der Waals surface area (Å²) < 4.78 is 39.9. The first-order valence-electron chi connectivity index (χ1n) is 6.21. The lowest BCUT2D eigenvalue weighted by Gasteiger charge is -2.17. The van der Waals surface area contributed by atoms with Gasteiger partial charge in [-0.05, 0) is 47.1 Å². The Kier molecular flexibility index (Phi) is 4.67. The van der Waals surface area contributed by atoms with Crippen LogP contribution >= 0.6 is 15.9 Å². The molecule has 0 aliphatic heterocycles. The predicted molar refractivity (Wildman–Crippen MR) is 75.7 cm³/mol. The van der Waals surface area contributed by atoms with Crippen LogP contribution in [0, 0.1) is 0 Å². The monoisotopic (exact) mass is 362 g/mol. The molecule has 0 bridgehead atoms. The zero-order valence-corrected chi connectivity index (χ0v) is 13.0. The molecule has 0 amide bonds. The van der Waals surface area contributed by atoms with Crippen molar-refractivity contribution in [2.24, 2.45) is 7.05 Å². The van der Waals surface area contributed by atoms with E-state index in [1.165, 1.54) is 12.1 Å². The summed E-state index contributed by atoms with van der Waals surface area (Å²) in [7, 11) is 3.55. The maximum atomic E-state index is 12.5. The molecule has 0 spiro atoms. The van der Waals surface area contributed by atoms with Crippen molar-refractivity contribution in [3.8, 4) is 0 Å². The molecule has 0 saturated carbocycles. The summed E-state index contributed by atoms with van der Waals surface area (Å²) in [5.74, 6) is 0. The van der Waals surface area contributed by atoms with Gasteiger partial charge in [0.15, 0.2) is 4.60 Å². The van der Waals surface area contributed by atoms with Crippen molar-refractivity contribution < 1.29 is 13.2 Å². The molecule has 2 aromatic rings. The van der Waals surface area contributed by atoms with E-state index in [9.17, 15) is 13.2 Å². The molecule has 4 nitrogen and oxygen atoms in total. The number of nitrogens with zero attached hydrogens (tertiary/aromatic N) is 3. The number of likely N-dealkylation sites (N-methyl/N-ethyl adjacent to an activating group) is 1. The van der Waals surface area contributed by atoms with Gasteiger partial charge in [0.05, 0.1) is 17.3 Å². The predicted octanol–water partition coefficient (Wildman–Crippen LogP) is 3.10. The SMILES string of the molecule is CNC(Cc1ccc(C(F)(F)F)cc1)c1c(Br)nnn1C. The lowest BCUT2D eigenvalue weighted by atomic mass is 10.0. The van der Waals surface area contributed by atoms with Gasteiger partial charge in [-0.1, -0.05) is 17.3 Å². The molecule has 1 heterocycles. The quantitative estimate of drug-likeness (QED) is 0.908. The zero-order valence-electron chi connectivity index (χ0n) is 11.4. The average molecular weight is 363 g/mol. The van der Waals surface area contributed by atoms with Crippen LogP contribution in [0.15, 0.2) is 28.9 Å². The molecule has 114 valence electrons. The van der Waals surface area contributed by atoms with Crippen LogP contribution in [0.5, 0.6) is 0 Å². The lowest BCUT2D eigenvalue weighted by molar-refractivity contribution is -0.137. The maximum absolute atomic E-state index is 12.5. The fourth-order valence-corrected chi connectivity index (χ4v) is 2.71. The first-order chi connectivity index (χ1) is 9.82. The van der Waals surface area contributed by atoms with Gasteiger partial charge in [-0.2, -0.15) is 13.2 Å². The van der Waals surface area contributed by atoms with Gasteiger partial charge in [0.25, 0.3) is 0 Å². The van der Waals surface area contributed by atoms with Crippen LogP contribution in [-0.4, -0.2) is 22.0 Å². The van der Waals surface area contributed by atoms with Crippen molar-refractivity contribution in [2.75, 3.05) is 7.05 Å². The molecule has 1 aromatic heterocycles. The topological polar surface area (TPSA) is 42.7 Å². The van der Waals surface area contributed by atoms with Gasteiger partial charge < -0.3 is 5.32 Å². The summed E-state index contributed by atoms with van der Waals surface area (Å²) in [6.07, 6.45) is -3.77. The van der Waals surface area contributed by atoms with Crippen molar-refractivity contribution in [1.82, 2.24) is 20.3 Å². The van der Waals surface area contributed by atoms with Crippen LogP contribution in [0.1, 0.15) is 22.9 Å². The maximum Gasteiger partial charge on any atom is 0.416 e. The number of nitrogens with one attached hydrogen (secondary N) is 1. The number of benzene rings is 1. The van der Waals surface area contributed by atoms with E-state index >= 15 is 0 Å². The average Bonchev–Trinajstić information content (AvgIpc) is 2.75. The number of aromatic nitrogens is 3. The molecule has 1 unspecified atom stereocenters. The van der Waals surface area contributed by atoms with E-state index in [-0.39, 0.29) is 6.04 Å². The van der Waals surface area contributed by atoms with E-state index in [4.69, 9.17) is 0 Å². The summed E-state index contributed by atoms with van der Waals surface area (Å²) in [6.45, 7) is 0. The standard InChI is InChI=1S/C13H14BrF3N4/c1-18-10(11-12(14)19-20-21(11)2)7-8-3-5-9(6-4-8)13(15,16)17/h3-6,10,18H,7H2,1-2H3. The molecule has 0 fully saturated rings. The molecule has 1 aromatic carbocycles. The van der Waals surface area contributed by atoms with Crippen molar-refractivity contribution in [3.63, 3.8) is 0 Å². The highest BCUT2D eigenvalue weighted by Gasteiger charge is 2.30. The van der Waals surface area contributed by atoms with E-state index in [1.54, 1.807) is 18.8 Å². The summed E-state index contributed by atoms with van der Waals surface area (Å²) in [6, 6.07) is 5.07. The van der Waals surface area contributed by atoms with Gasteiger partial charge in [-0.25, -0.2) is 4.68 Å². The lowest BCUT2D eigenvalue weighted by Crippen LogP contribution is -2.22. The van der Waals surface area contributed by atoms with Gasteiger partial charge in [0.2, 0.25) is 0 Å². The van der Waals surface area contributed by atoms with Gasteiger partial charge >= 0.3 is 6.18 Å². The van der Waals surface area contributed by atoms with Gasteiger partial charge in [-0.15, -0.1) is 5.10 Å². The Morgan fingerprint density at radius 1 is 1.29 bits per heavy atom. The Bertz CT molecular complexity index is 587. The third-order valence-electron chi connectivity index (χ3n) is 3.23. The van der Waals surface area contributed by atoms with Crippen molar-refractivity contribution >= 4 is 15.9 Å². The second kappa shape index (κ2) is 6.15. The van der Waals surface area contributed by atoms with E-state index in [1.807, 2.05) is 0 Å². The number of aryl methyl sites for hydroxylation is 1. The van der Waals surface area contributed by atoms with E-state index < -0.39 is 11.7 Å². The van der Waals surface area contributed by atoms with Crippen molar-refractivity contribution in [1.29, 1.82) is 0 Å². The number of halogens is 4. The molecule has 0 aliphatic carbocycles. The minimum absolute atomic E-state index is 0.101. The second-order valence-corrected chi connectivity index (χ2v) is 5.38. The first kappa shape index (κ1) is 16.0. The van der Waals surface area contributed by atoms with E-state index in [0.29, 0.717) is 11.0 Å². The summed E-state index contributed by atoms with van der Waals surface area (Å²) in [4.78, 5) is 0. The van der Waals surface area contributed by atoms with Crippen molar-refractivity contribution in [2.45, 2.75) is 18.6 Å². The summed E-state index contributed by atoms with van der Waals surface area (Å²) in [5.41, 5.74) is 1.00. The molecule has 21 heavy (non-hydrogen) atoms. The summed E-state index contributed by atoms with van der Waals surface area (Å²) >= 11 is 3.33. The largest absolute Gasteiger partial charge is 0.416 e. The number of alkyl halides is 3. The Hall–Kier alpha value is -1.41. The normalized spacial score (nSPS) is 13.4. The van der Waals surface area contributed by atoms with Crippen LogP contribution in [0.3, 0.4) is 0 Å². The highest BCUT2D eigenvalue weighted by atomic mass is 79.9. The molecule has 0 radical (unpaired) electrons. The zero-order chi connectivity index (χ0) is 15.6. The Labute approximate surface area is 128 Å². The molecule has 8 heteroatoms. The third kappa shape index (κ3) is 3.62. The second-order valence-electron chi connectivity index (χ2n) is 4.63. The van der Waals surface area contributed by atoms with Gasteiger partial charge in [0.1, 0.15) is 0 Å². The van der Waals surface area contributed by atoms with Crippen LogP contribution in [0.4, 0.5) is 13.2 Å². The Morgan fingerprint density at radius 2 is 1.90 bits per heavy atom. The fraction of sp³-hybridized carbons (Fsp3) is 0.385. The fourth-order valence-electron chi connectivity index (χ4n) is 2.11. The first-order valence-corrected chi connectivity index (χ1v) is 7.00. The number of hydrogen-bond donors (Lipinski definition) is 1. The molecule has 1 N–H and O–H groups in total. The minimum atomic E-state index is -4.31. The summed E-state index contributed by atoms with van der Waals surface area (Å²) in [5, 5.41) is 10.9.